The van der Waals surface area contributed by atoms with Gasteiger partial charge in [-0.05, 0) is 19.2 Å². The third-order valence-corrected chi connectivity index (χ3v) is 2.42. The van der Waals surface area contributed by atoms with Gasteiger partial charge >= 0.3 is 0 Å². The molecule has 0 heterocycles. The monoisotopic (exact) mass is 235 g/mol. The van der Waals surface area contributed by atoms with Gasteiger partial charge < -0.3 is 15.5 Å². The van der Waals surface area contributed by atoms with E-state index < -0.39 is 6.10 Å². The van der Waals surface area contributed by atoms with Crippen LogP contribution in [0.5, 0.6) is 5.75 Å². The summed E-state index contributed by atoms with van der Waals surface area (Å²) in [6.07, 6.45) is -0.777. The molecule has 1 atom stereocenters. The lowest BCUT2D eigenvalue weighted by atomic mass is 10.1. The molecule has 0 radical (unpaired) electrons. The van der Waals surface area contributed by atoms with Crippen LogP contribution in [0.25, 0.3) is 0 Å². The van der Waals surface area contributed by atoms with E-state index in [0.29, 0.717) is 12.1 Å². The summed E-state index contributed by atoms with van der Waals surface area (Å²) in [6, 6.07) is 2.70. The zero-order valence-corrected chi connectivity index (χ0v) is 9.10. The number of aromatic hydroxyl groups is 1. The van der Waals surface area contributed by atoms with Gasteiger partial charge in [-0.1, -0.05) is 23.2 Å². The third kappa shape index (κ3) is 2.51. The molecule has 5 heteroatoms. The van der Waals surface area contributed by atoms with Crippen LogP contribution in [0.4, 0.5) is 0 Å². The molecule has 0 bridgehead atoms. The van der Waals surface area contributed by atoms with Gasteiger partial charge in [-0.15, -0.1) is 0 Å². The fourth-order valence-corrected chi connectivity index (χ4v) is 1.91. The molecule has 1 rings (SSSR count). The molecular weight excluding hydrogens is 225 g/mol. The average Bonchev–Trinajstić information content (AvgIpc) is 2.01. The summed E-state index contributed by atoms with van der Waals surface area (Å²) in [5.74, 6) is -0.0135. The van der Waals surface area contributed by atoms with Crippen molar-refractivity contribution in [2.75, 3.05) is 13.6 Å². The van der Waals surface area contributed by atoms with E-state index in [4.69, 9.17) is 28.3 Å². The second-order valence-electron chi connectivity index (χ2n) is 2.90. The van der Waals surface area contributed by atoms with E-state index in [0.717, 1.165) is 0 Å². The zero-order chi connectivity index (χ0) is 10.7. The Bertz CT molecular complexity index is 308. The maximum Gasteiger partial charge on any atom is 0.118 e. The molecule has 3 nitrogen and oxygen atoms in total. The van der Waals surface area contributed by atoms with E-state index in [-0.39, 0.29) is 15.8 Å². The van der Waals surface area contributed by atoms with Gasteiger partial charge in [-0.2, -0.15) is 0 Å². The Balaban J connectivity index is 3.07. The molecule has 0 aliphatic heterocycles. The number of hydrogen-bond donors (Lipinski definition) is 3. The van der Waals surface area contributed by atoms with Crippen LogP contribution < -0.4 is 5.32 Å². The van der Waals surface area contributed by atoms with Crippen molar-refractivity contribution in [1.29, 1.82) is 0 Å². The fourth-order valence-electron chi connectivity index (χ4n) is 1.18. The van der Waals surface area contributed by atoms with Crippen LogP contribution in [0.2, 0.25) is 10.0 Å². The number of likely N-dealkylation sites (N-methyl/N-ethyl adjacent to an activating group) is 1. The van der Waals surface area contributed by atoms with Gasteiger partial charge in [0.2, 0.25) is 0 Å². The number of hydrogen-bond acceptors (Lipinski definition) is 3. The van der Waals surface area contributed by atoms with E-state index in [2.05, 4.69) is 5.32 Å². The van der Waals surface area contributed by atoms with Gasteiger partial charge in [-0.3, -0.25) is 0 Å². The van der Waals surface area contributed by atoms with Crippen molar-refractivity contribution in [1.82, 2.24) is 5.32 Å². The predicted octanol–water partition coefficient (Wildman–Crippen LogP) is 1.95. The largest absolute Gasteiger partial charge is 0.508 e. The molecule has 14 heavy (non-hydrogen) atoms. The summed E-state index contributed by atoms with van der Waals surface area (Å²) in [5, 5.41) is 22.2. The van der Waals surface area contributed by atoms with E-state index >= 15 is 0 Å². The summed E-state index contributed by atoms with van der Waals surface area (Å²) in [6.45, 7) is 0.351. The van der Waals surface area contributed by atoms with Crippen molar-refractivity contribution in [2.45, 2.75) is 6.10 Å². The minimum Gasteiger partial charge on any atom is -0.508 e. The highest BCUT2D eigenvalue weighted by Crippen LogP contribution is 2.33. The van der Waals surface area contributed by atoms with Gasteiger partial charge in [-0.25, -0.2) is 0 Å². The standard InChI is InChI=1S/C9H11Cl2NO2/c1-12-4-8(14)9-6(10)2-5(13)3-7(9)11/h2-3,8,12-14H,4H2,1H3. The molecule has 3 N–H and O–H groups in total. The van der Waals surface area contributed by atoms with Crippen molar-refractivity contribution < 1.29 is 10.2 Å². The molecule has 0 aliphatic carbocycles. The molecule has 1 aromatic rings. The molecule has 0 saturated heterocycles. The first-order chi connectivity index (χ1) is 6.56. The van der Waals surface area contributed by atoms with Crippen LogP contribution in [0, 0.1) is 0 Å². The minimum atomic E-state index is -0.777. The highest BCUT2D eigenvalue weighted by molar-refractivity contribution is 6.36. The summed E-state index contributed by atoms with van der Waals surface area (Å²) in [7, 11) is 1.71. The molecule has 0 aromatic heterocycles. The van der Waals surface area contributed by atoms with E-state index in [9.17, 15) is 5.11 Å². The molecule has 0 fully saturated rings. The van der Waals surface area contributed by atoms with E-state index in [1.165, 1.54) is 12.1 Å². The Labute approximate surface area is 92.3 Å². The first kappa shape index (κ1) is 11.6. The van der Waals surface area contributed by atoms with Crippen molar-refractivity contribution in [3.63, 3.8) is 0 Å². The Kier molecular flexibility index (Phi) is 4.01. The second kappa shape index (κ2) is 4.84. The fraction of sp³-hybridized carbons (Fsp3) is 0.333. The Morgan fingerprint density at radius 1 is 1.36 bits per heavy atom. The van der Waals surface area contributed by atoms with Gasteiger partial charge in [0.15, 0.2) is 0 Å². The van der Waals surface area contributed by atoms with Crippen LogP contribution in [-0.4, -0.2) is 23.8 Å². The number of phenols is 1. The van der Waals surface area contributed by atoms with E-state index in [1.54, 1.807) is 7.05 Å². The lowest BCUT2D eigenvalue weighted by Gasteiger charge is -2.14. The molecule has 1 unspecified atom stereocenters. The van der Waals surface area contributed by atoms with Gasteiger partial charge in [0.1, 0.15) is 5.75 Å². The molecule has 0 aliphatic rings. The van der Waals surface area contributed by atoms with Gasteiger partial charge in [0.05, 0.1) is 16.1 Å². The number of aliphatic hydroxyl groups is 1. The summed E-state index contributed by atoms with van der Waals surface area (Å²) in [4.78, 5) is 0. The number of aliphatic hydroxyl groups excluding tert-OH is 1. The van der Waals surface area contributed by atoms with Crippen LogP contribution >= 0.6 is 23.2 Å². The predicted molar refractivity (Wildman–Crippen MR) is 57.0 cm³/mol. The van der Waals surface area contributed by atoms with Crippen molar-refractivity contribution in [2.24, 2.45) is 0 Å². The minimum absolute atomic E-state index is 0.0135. The summed E-state index contributed by atoms with van der Waals surface area (Å²) < 4.78 is 0. The number of nitrogens with one attached hydrogen (secondary N) is 1. The Morgan fingerprint density at radius 2 is 1.86 bits per heavy atom. The SMILES string of the molecule is CNCC(O)c1c(Cl)cc(O)cc1Cl. The third-order valence-electron chi connectivity index (χ3n) is 1.79. The van der Waals surface area contributed by atoms with E-state index in [1.807, 2.05) is 0 Å². The quantitative estimate of drug-likeness (QED) is 0.751. The lowest BCUT2D eigenvalue weighted by Crippen LogP contribution is -2.17. The Hall–Kier alpha value is -0.480. The first-order valence-corrected chi connectivity index (χ1v) is 4.82. The molecular formula is C9H11Cl2NO2. The number of benzene rings is 1. The van der Waals surface area contributed by atoms with Gasteiger partial charge in [0, 0.05) is 12.1 Å². The smallest absolute Gasteiger partial charge is 0.118 e. The molecule has 0 saturated carbocycles. The highest BCUT2D eigenvalue weighted by atomic mass is 35.5. The molecule has 0 spiro atoms. The van der Waals surface area contributed by atoms with Crippen LogP contribution in [0.1, 0.15) is 11.7 Å². The Morgan fingerprint density at radius 3 is 2.29 bits per heavy atom. The number of phenolic OH excluding ortho intramolecular Hbond substituents is 1. The maximum atomic E-state index is 9.66. The number of rotatable bonds is 3. The highest BCUT2D eigenvalue weighted by Gasteiger charge is 2.15. The molecule has 0 amide bonds. The van der Waals surface area contributed by atoms with Crippen LogP contribution in [0.3, 0.4) is 0 Å². The topological polar surface area (TPSA) is 52.5 Å². The van der Waals surface area contributed by atoms with Crippen molar-refractivity contribution in [3.8, 4) is 5.75 Å². The van der Waals surface area contributed by atoms with Gasteiger partial charge in [0.25, 0.3) is 0 Å². The number of halogens is 2. The first-order valence-electron chi connectivity index (χ1n) is 4.06. The summed E-state index contributed by atoms with van der Waals surface area (Å²) in [5.41, 5.74) is 0.431. The molecule has 1 aromatic carbocycles. The summed E-state index contributed by atoms with van der Waals surface area (Å²) >= 11 is 11.7. The second-order valence-corrected chi connectivity index (χ2v) is 3.71. The van der Waals surface area contributed by atoms with Crippen LogP contribution in [-0.2, 0) is 0 Å². The molecule has 78 valence electrons. The van der Waals surface area contributed by atoms with Crippen molar-refractivity contribution in [3.05, 3.63) is 27.7 Å². The lowest BCUT2D eigenvalue weighted by molar-refractivity contribution is 0.178. The zero-order valence-electron chi connectivity index (χ0n) is 7.59. The van der Waals surface area contributed by atoms with Crippen molar-refractivity contribution >= 4 is 23.2 Å². The average molecular weight is 236 g/mol. The maximum absolute atomic E-state index is 9.66. The normalized spacial score (nSPS) is 12.9. The van der Waals surface area contributed by atoms with Crippen LogP contribution in [0.15, 0.2) is 12.1 Å².